The first-order chi connectivity index (χ1) is 16.2. The van der Waals surface area contributed by atoms with Gasteiger partial charge in [0.1, 0.15) is 22.9 Å². The molecule has 4 rings (SSSR count). The highest BCUT2D eigenvalue weighted by atomic mass is 35.5. The second-order valence-corrected chi connectivity index (χ2v) is 9.97. The van der Waals surface area contributed by atoms with Gasteiger partial charge in [0.2, 0.25) is 11.9 Å². The number of carbonyl (C=O) groups is 2. The summed E-state index contributed by atoms with van der Waals surface area (Å²) < 4.78 is 44.0. The molecule has 2 aliphatic rings. The zero-order valence-corrected chi connectivity index (χ0v) is 20.4. The Bertz CT molecular complexity index is 1170. The molecule has 188 valence electrons. The minimum absolute atomic E-state index is 0.0713. The first-order valence-corrected chi connectivity index (χ1v) is 11.4. The van der Waals surface area contributed by atoms with Crippen LogP contribution in [-0.4, -0.2) is 51.0 Å². The fourth-order valence-electron chi connectivity index (χ4n) is 4.44. The monoisotopic (exact) mass is 511 g/mol. The van der Waals surface area contributed by atoms with E-state index in [1.54, 1.807) is 31.7 Å². The summed E-state index contributed by atoms with van der Waals surface area (Å²) in [5, 5.41) is 2.19. The minimum atomic E-state index is -4.64. The lowest BCUT2D eigenvalue weighted by Crippen LogP contribution is -2.42. The number of rotatable bonds is 4. The molecule has 0 saturated carbocycles. The molecule has 1 aromatic heterocycles. The molecule has 0 aliphatic carbocycles. The quantitative estimate of drug-likeness (QED) is 0.547. The van der Waals surface area contributed by atoms with Crippen LogP contribution in [0.25, 0.3) is 0 Å². The highest BCUT2D eigenvalue weighted by Crippen LogP contribution is 2.53. The van der Waals surface area contributed by atoms with E-state index in [2.05, 4.69) is 15.3 Å². The lowest BCUT2D eigenvalue weighted by Gasteiger charge is -2.27. The number of amides is 2. The van der Waals surface area contributed by atoms with Gasteiger partial charge in [0, 0.05) is 18.9 Å². The zero-order chi connectivity index (χ0) is 25.7. The minimum Gasteiger partial charge on any atom is -0.444 e. The lowest BCUT2D eigenvalue weighted by atomic mass is 9.91. The van der Waals surface area contributed by atoms with E-state index < -0.39 is 28.6 Å². The molecule has 1 aromatic carbocycles. The van der Waals surface area contributed by atoms with Gasteiger partial charge in [0.15, 0.2) is 0 Å². The predicted octanol–water partition coefficient (Wildman–Crippen LogP) is 5.48. The standard InChI is InChI=1S/C23H25ClF3N5O3/c1-22(2,3)35-21(34)31(4)11-18(33)32-16-7-8-17(32)14-9-12(5-6-13(14)16)29-20-28-10-15(19(24)30-20)23(25,26)27/h5-6,9-10,16-17H,7-8,11H2,1-4H3,(H,28,29,30)/t16-,17+/m0/s1. The van der Waals surface area contributed by atoms with Crippen LogP contribution in [0.5, 0.6) is 0 Å². The second-order valence-electron chi connectivity index (χ2n) is 9.61. The summed E-state index contributed by atoms with van der Waals surface area (Å²) in [6.07, 6.45) is -3.00. The molecule has 2 aromatic rings. The molecule has 1 fully saturated rings. The molecule has 0 radical (unpaired) electrons. The van der Waals surface area contributed by atoms with E-state index >= 15 is 0 Å². The van der Waals surface area contributed by atoms with Crippen molar-refractivity contribution in [2.75, 3.05) is 18.9 Å². The van der Waals surface area contributed by atoms with Crippen LogP contribution in [0, 0.1) is 0 Å². The maximum Gasteiger partial charge on any atom is 0.420 e. The summed E-state index contributed by atoms with van der Waals surface area (Å²) in [7, 11) is 1.52. The molecule has 0 spiro atoms. The highest BCUT2D eigenvalue weighted by molar-refractivity contribution is 6.30. The van der Waals surface area contributed by atoms with Crippen molar-refractivity contribution >= 4 is 35.2 Å². The number of benzene rings is 1. The van der Waals surface area contributed by atoms with Crippen molar-refractivity contribution in [3.05, 3.63) is 46.2 Å². The normalized spacial score (nSPS) is 18.9. The molecular weight excluding hydrogens is 487 g/mol. The van der Waals surface area contributed by atoms with Gasteiger partial charge in [0.25, 0.3) is 0 Å². The van der Waals surface area contributed by atoms with Gasteiger partial charge in [-0.15, -0.1) is 0 Å². The summed E-state index contributed by atoms with van der Waals surface area (Å²) in [6.45, 7) is 5.16. The van der Waals surface area contributed by atoms with Crippen LogP contribution in [0.15, 0.2) is 24.4 Å². The van der Waals surface area contributed by atoms with Gasteiger partial charge < -0.3 is 19.9 Å². The SMILES string of the molecule is CN(CC(=O)N1[C@@H]2CC[C@H]1c1ccc(Nc3ncc(C(F)(F)F)c(Cl)n3)cc12)C(=O)OC(C)(C)C. The molecule has 12 heteroatoms. The van der Waals surface area contributed by atoms with Gasteiger partial charge in [-0.05, 0) is 56.9 Å². The van der Waals surface area contributed by atoms with Crippen molar-refractivity contribution in [3.8, 4) is 0 Å². The van der Waals surface area contributed by atoms with Crippen LogP contribution < -0.4 is 5.32 Å². The molecule has 0 unspecified atom stereocenters. The number of fused-ring (bicyclic) bond motifs is 5. The van der Waals surface area contributed by atoms with Crippen LogP contribution in [-0.2, 0) is 15.7 Å². The number of hydrogen-bond acceptors (Lipinski definition) is 6. The summed E-state index contributed by atoms with van der Waals surface area (Å²) in [5.41, 5.74) is 0.734. The maximum absolute atomic E-state index is 13.1. The Morgan fingerprint density at radius 2 is 1.86 bits per heavy atom. The van der Waals surface area contributed by atoms with Crippen LogP contribution in [0.4, 0.5) is 29.6 Å². The molecule has 2 amide bonds. The fraction of sp³-hybridized carbons (Fsp3) is 0.478. The number of aromatic nitrogens is 2. The number of halogens is 4. The zero-order valence-electron chi connectivity index (χ0n) is 19.6. The fourth-order valence-corrected chi connectivity index (χ4v) is 4.68. The van der Waals surface area contributed by atoms with E-state index in [0.717, 1.165) is 24.0 Å². The summed E-state index contributed by atoms with van der Waals surface area (Å²) in [6, 6.07) is 5.22. The second kappa shape index (κ2) is 8.85. The van der Waals surface area contributed by atoms with Crippen molar-refractivity contribution in [1.29, 1.82) is 0 Å². The van der Waals surface area contributed by atoms with Gasteiger partial charge in [0.05, 0.1) is 12.1 Å². The number of hydrogen-bond donors (Lipinski definition) is 1. The van der Waals surface area contributed by atoms with Gasteiger partial charge in [-0.2, -0.15) is 13.2 Å². The molecule has 1 saturated heterocycles. The number of carbonyl (C=O) groups excluding carboxylic acids is 2. The van der Waals surface area contributed by atoms with E-state index in [-0.39, 0.29) is 30.5 Å². The van der Waals surface area contributed by atoms with Crippen molar-refractivity contribution < 1.29 is 27.5 Å². The Morgan fingerprint density at radius 3 is 2.46 bits per heavy atom. The van der Waals surface area contributed by atoms with E-state index in [9.17, 15) is 22.8 Å². The number of nitrogens with one attached hydrogen (secondary N) is 1. The number of ether oxygens (including phenoxy) is 1. The molecule has 2 atom stereocenters. The van der Waals surface area contributed by atoms with Crippen LogP contribution in [0.1, 0.15) is 62.4 Å². The number of nitrogens with zero attached hydrogens (tertiary/aromatic N) is 4. The molecule has 2 aliphatic heterocycles. The van der Waals surface area contributed by atoms with Crippen molar-refractivity contribution in [2.45, 2.75) is 57.5 Å². The van der Waals surface area contributed by atoms with Gasteiger partial charge >= 0.3 is 12.3 Å². The third-order valence-electron chi connectivity index (χ3n) is 5.86. The Morgan fingerprint density at radius 1 is 1.20 bits per heavy atom. The lowest BCUT2D eigenvalue weighted by molar-refractivity contribution is -0.138. The van der Waals surface area contributed by atoms with Crippen LogP contribution >= 0.6 is 11.6 Å². The highest BCUT2D eigenvalue weighted by Gasteiger charge is 2.46. The first kappa shape index (κ1) is 25.0. The van der Waals surface area contributed by atoms with Gasteiger partial charge in [-0.1, -0.05) is 17.7 Å². The Hall–Kier alpha value is -3.08. The summed E-state index contributed by atoms with van der Waals surface area (Å²) >= 11 is 5.69. The topological polar surface area (TPSA) is 87.7 Å². The Kier molecular flexibility index (Phi) is 6.33. The van der Waals surface area contributed by atoms with E-state index in [1.165, 1.54) is 11.9 Å². The van der Waals surface area contributed by atoms with Crippen molar-refractivity contribution in [2.24, 2.45) is 0 Å². The number of likely N-dealkylation sites (N-methyl/N-ethyl adjacent to an activating group) is 1. The van der Waals surface area contributed by atoms with Gasteiger partial charge in [-0.3, -0.25) is 4.79 Å². The average Bonchev–Trinajstić information content (AvgIpc) is 3.28. The third-order valence-corrected chi connectivity index (χ3v) is 6.15. The Labute approximate surface area is 205 Å². The van der Waals surface area contributed by atoms with E-state index in [0.29, 0.717) is 11.9 Å². The third kappa shape index (κ3) is 5.14. The first-order valence-electron chi connectivity index (χ1n) is 11.0. The predicted molar refractivity (Wildman–Crippen MR) is 122 cm³/mol. The van der Waals surface area contributed by atoms with Crippen LogP contribution in [0.2, 0.25) is 5.15 Å². The molecule has 2 bridgehead atoms. The summed E-state index contributed by atoms with van der Waals surface area (Å²) in [5.74, 6) is -0.257. The number of alkyl halides is 3. The number of anilines is 2. The van der Waals surface area contributed by atoms with E-state index in [1.807, 2.05) is 12.1 Å². The smallest absolute Gasteiger partial charge is 0.420 e. The average molecular weight is 512 g/mol. The van der Waals surface area contributed by atoms with Crippen molar-refractivity contribution in [1.82, 2.24) is 19.8 Å². The largest absolute Gasteiger partial charge is 0.444 e. The maximum atomic E-state index is 13.1. The molecule has 8 nitrogen and oxygen atoms in total. The molecule has 3 heterocycles. The van der Waals surface area contributed by atoms with E-state index in [4.69, 9.17) is 16.3 Å². The Balaban J connectivity index is 1.48. The van der Waals surface area contributed by atoms with Crippen molar-refractivity contribution in [3.63, 3.8) is 0 Å². The van der Waals surface area contributed by atoms with Crippen LogP contribution in [0.3, 0.4) is 0 Å². The summed E-state index contributed by atoms with van der Waals surface area (Å²) in [4.78, 5) is 35.9. The molecular formula is C23H25ClF3N5O3. The molecule has 35 heavy (non-hydrogen) atoms. The van der Waals surface area contributed by atoms with Gasteiger partial charge in [-0.25, -0.2) is 14.8 Å². The molecule has 1 N–H and O–H groups in total.